The number of benzene rings is 2. The van der Waals surface area contributed by atoms with E-state index in [0.717, 1.165) is 22.0 Å². The highest BCUT2D eigenvalue weighted by molar-refractivity contribution is 6.33. The number of aromatic nitrogens is 2. The van der Waals surface area contributed by atoms with Gasteiger partial charge in [-0.25, -0.2) is 0 Å². The van der Waals surface area contributed by atoms with Gasteiger partial charge in [-0.05, 0) is 48.4 Å². The fourth-order valence-corrected chi connectivity index (χ4v) is 3.88. The maximum atomic E-state index is 13.3. The van der Waals surface area contributed by atoms with Crippen LogP contribution >= 0.6 is 11.6 Å². The molecule has 2 atom stereocenters. The molecule has 0 aliphatic rings. The molecule has 3 N–H and O–H groups in total. The van der Waals surface area contributed by atoms with Gasteiger partial charge >= 0.3 is 0 Å². The SMILES string of the molecule is CC(NC(=O)C(Cc1c[nH]c2ccccc12)NC(=O)c1ccccc1Cl)c1ccncc1. The quantitative estimate of drug-likeness (QED) is 0.392. The molecule has 0 saturated heterocycles. The van der Waals surface area contributed by atoms with Crippen LogP contribution in [0.5, 0.6) is 0 Å². The number of aromatic amines is 1. The molecule has 0 fully saturated rings. The predicted molar refractivity (Wildman–Crippen MR) is 126 cm³/mol. The summed E-state index contributed by atoms with van der Waals surface area (Å²) in [7, 11) is 0. The first-order valence-electron chi connectivity index (χ1n) is 10.3. The van der Waals surface area contributed by atoms with Crippen molar-refractivity contribution < 1.29 is 9.59 Å². The molecule has 0 aliphatic carbocycles. The number of halogens is 1. The molecule has 0 radical (unpaired) electrons. The van der Waals surface area contributed by atoms with Crippen LogP contribution < -0.4 is 10.6 Å². The summed E-state index contributed by atoms with van der Waals surface area (Å²) in [4.78, 5) is 33.4. The van der Waals surface area contributed by atoms with Crippen molar-refractivity contribution in [3.8, 4) is 0 Å². The van der Waals surface area contributed by atoms with Gasteiger partial charge in [0.2, 0.25) is 5.91 Å². The Hall–Kier alpha value is -3.64. The van der Waals surface area contributed by atoms with Crippen LogP contribution in [0.15, 0.2) is 79.3 Å². The van der Waals surface area contributed by atoms with Gasteiger partial charge in [-0.1, -0.05) is 41.9 Å². The number of nitrogens with zero attached hydrogens (tertiary/aromatic N) is 1. The molecule has 2 aromatic heterocycles. The average molecular weight is 447 g/mol. The van der Waals surface area contributed by atoms with Gasteiger partial charge in [-0.3, -0.25) is 14.6 Å². The van der Waals surface area contributed by atoms with Gasteiger partial charge in [0.05, 0.1) is 16.6 Å². The van der Waals surface area contributed by atoms with Crippen LogP contribution in [0.4, 0.5) is 0 Å². The lowest BCUT2D eigenvalue weighted by molar-refractivity contribution is -0.123. The van der Waals surface area contributed by atoms with Crippen LogP contribution in [0.2, 0.25) is 5.02 Å². The van der Waals surface area contributed by atoms with E-state index in [0.29, 0.717) is 17.0 Å². The van der Waals surface area contributed by atoms with Gasteiger partial charge in [0, 0.05) is 35.9 Å². The first-order valence-corrected chi connectivity index (χ1v) is 10.7. The monoisotopic (exact) mass is 446 g/mol. The molecule has 4 rings (SSSR count). The number of hydrogen-bond donors (Lipinski definition) is 3. The van der Waals surface area contributed by atoms with E-state index in [1.807, 2.05) is 49.5 Å². The van der Waals surface area contributed by atoms with E-state index in [1.54, 1.807) is 36.7 Å². The average Bonchev–Trinajstić information content (AvgIpc) is 3.22. The Labute approximate surface area is 191 Å². The van der Waals surface area contributed by atoms with Gasteiger partial charge in [0.15, 0.2) is 0 Å². The summed E-state index contributed by atoms with van der Waals surface area (Å²) in [5, 5.41) is 7.22. The largest absolute Gasteiger partial charge is 0.361 e. The second kappa shape index (κ2) is 9.66. The Bertz CT molecular complexity index is 1240. The third-order valence-electron chi connectivity index (χ3n) is 5.40. The second-order valence-electron chi connectivity index (χ2n) is 7.58. The number of pyridine rings is 1. The van der Waals surface area contributed by atoms with E-state index in [4.69, 9.17) is 11.6 Å². The smallest absolute Gasteiger partial charge is 0.253 e. The van der Waals surface area contributed by atoms with Gasteiger partial charge in [0.25, 0.3) is 5.91 Å². The minimum atomic E-state index is -0.790. The Kier molecular flexibility index (Phi) is 6.52. The first-order chi connectivity index (χ1) is 15.5. The van der Waals surface area contributed by atoms with E-state index in [2.05, 4.69) is 20.6 Å². The molecule has 0 aliphatic heterocycles. The van der Waals surface area contributed by atoms with Crippen LogP contribution in [-0.2, 0) is 11.2 Å². The zero-order valence-electron chi connectivity index (χ0n) is 17.5. The van der Waals surface area contributed by atoms with Crippen molar-refractivity contribution in [2.45, 2.75) is 25.4 Å². The van der Waals surface area contributed by atoms with Crippen molar-refractivity contribution >= 4 is 34.3 Å². The molecular weight excluding hydrogens is 424 g/mol. The van der Waals surface area contributed by atoms with Crippen molar-refractivity contribution in [3.63, 3.8) is 0 Å². The van der Waals surface area contributed by atoms with E-state index in [1.165, 1.54) is 0 Å². The molecule has 0 bridgehead atoms. The lowest BCUT2D eigenvalue weighted by atomic mass is 10.0. The number of para-hydroxylation sites is 1. The molecular formula is C25H23ClN4O2. The maximum Gasteiger partial charge on any atom is 0.253 e. The zero-order valence-corrected chi connectivity index (χ0v) is 18.3. The van der Waals surface area contributed by atoms with Gasteiger partial charge in [-0.2, -0.15) is 0 Å². The number of amides is 2. The number of carbonyl (C=O) groups is 2. The third kappa shape index (κ3) is 4.81. The summed E-state index contributed by atoms with van der Waals surface area (Å²) >= 11 is 6.20. The molecule has 6 nitrogen and oxygen atoms in total. The summed E-state index contributed by atoms with van der Waals surface area (Å²) in [6, 6.07) is 17.3. The highest BCUT2D eigenvalue weighted by Gasteiger charge is 2.25. The fraction of sp³-hybridized carbons (Fsp3) is 0.160. The van der Waals surface area contributed by atoms with Crippen LogP contribution in [0, 0.1) is 0 Å². The number of hydrogen-bond acceptors (Lipinski definition) is 3. The van der Waals surface area contributed by atoms with Crippen molar-refractivity contribution in [2.75, 3.05) is 0 Å². The van der Waals surface area contributed by atoms with E-state index >= 15 is 0 Å². The fourth-order valence-electron chi connectivity index (χ4n) is 3.66. The van der Waals surface area contributed by atoms with Crippen LogP contribution in [0.3, 0.4) is 0 Å². The van der Waals surface area contributed by atoms with Crippen LogP contribution in [0.1, 0.15) is 34.5 Å². The minimum absolute atomic E-state index is 0.242. The predicted octanol–water partition coefficient (Wildman–Crippen LogP) is 4.43. The highest BCUT2D eigenvalue weighted by atomic mass is 35.5. The summed E-state index contributed by atoms with van der Waals surface area (Å²) in [6.45, 7) is 1.89. The van der Waals surface area contributed by atoms with Crippen molar-refractivity contribution in [1.82, 2.24) is 20.6 Å². The zero-order chi connectivity index (χ0) is 22.5. The molecule has 2 unspecified atom stereocenters. The van der Waals surface area contributed by atoms with Crippen LogP contribution in [0.25, 0.3) is 10.9 Å². The summed E-state index contributed by atoms with van der Waals surface area (Å²) in [5.74, 6) is -0.674. The molecule has 162 valence electrons. The third-order valence-corrected chi connectivity index (χ3v) is 5.73. The number of H-pyrrole nitrogens is 1. The first kappa shape index (κ1) is 21.6. The second-order valence-corrected chi connectivity index (χ2v) is 7.99. The standard InChI is InChI=1S/C25H23ClN4O2/c1-16(17-10-12-27-13-11-17)29-25(32)23(30-24(31)20-7-2-4-8-21(20)26)14-18-15-28-22-9-5-3-6-19(18)22/h2-13,15-16,23,28H,14H2,1H3,(H,29,32)(H,30,31). The van der Waals surface area contributed by atoms with Crippen LogP contribution in [-0.4, -0.2) is 27.8 Å². The topological polar surface area (TPSA) is 86.9 Å². The Morgan fingerprint density at radius 2 is 1.72 bits per heavy atom. The summed E-state index contributed by atoms with van der Waals surface area (Å²) in [5.41, 5.74) is 3.17. The summed E-state index contributed by atoms with van der Waals surface area (Å²) in [6.07, 6.45) is 5.56. The molecule has 2 amide bonds. The van der Waals surface area contributed by atoms with Crippen molar-refractivity contribution in [2.24, 2.45) is 0 Å². The van der Waals surface area contributed by atoms with E-state index in [-0.39, 0.29) is 11.9 Å². The molecule has 2 aromatic carbocycles. The highest BCUT2D eigenvalue weighted by Crippen LogP contribution is 2.21. The van der Waals surface area contributed by atoms with Gasteiger partial charge in [0.1, 0.15) is 6.04 Å². The molecule has 4 aromatic rings. The van der Waals surface area contributed by atoms with Gasteiger partial charge in [-0.15, -0.1) is 0 Å². The number of nitrogens with one attached hydrogen (secondary N) is 3. The lowest BCUT2D eigenvalue weighted by Gasteiger charge is -2.22. The lowest BCUT2D eigenvalue weighted by Crippen LogP contribution is -2.48. The number of rotatable bonds is 7. The normalized spacial score (nSPS) is 12.8. The summed E-state index contributed by atoms with van der Waals surface area (Å²) < 4.78 is 0. The maximum absolute atomic E-state index is 13.3. The molecule has 2 heterocycles. The Morgan fingerprint density at radius 3 is 2.50 bits per heavy atom. The number of fused-ring (bicyclic) bond motifs is 1. The van der Waals surface area contributed by atoms with Crippen molar-refractivity contribution in [1.29, 1.82) is 0 Å². The van der Waals surface area contributed by atoms with E-state index < -0.39 is 11.9 Å². The van der Waals surface area contributed by atoms with Crippen molar-refractivity contribution in [3.05, 3.63) is 101 Å². The number of carbonyl (C=O) groups excluding carboxylic acids is 2. The molecule has 0 spiro atoms. The molecule has 7 heteroatoms. The molecule has 32 heavy (non-hydrogen) atoms. The Morgan fingerprint density at radius 1 is 1.00 bits per heavy atom. The minimum Gasteiger partial charge on any atom is -0.361 e. The Balaban J connectivity index is 1.59. The molecule has 0 saturated carbocycles. The van der Waals surface area contributed by atoms with Gasteiger partial charge < -0.3 is 15.6 Å². The van der Waals surface area contributed by atoms with E-state index in [9.17, 15) is 9.59 Å².